The van der Waals surface area contributed by atoms with Crippen LogP contribution in [-0.4, -0.2) is 144 Å². The van der Waals surface area contributed by atoms with Gasteiger partial charge in [0.25, 0.3) is 0 Å². The van der Waals surface area contributed by atoms with E-state index < -0.39 is 121 Å². The number of methoxy groups -OCH3 is 1. The Balaban J connectivity index is 1.52. The monoisotopic (exact) mass is 740 g/mol. The first kappa shape index (κ1) is 38.5. The lowest BCUT2D eigenvalue weighted by Crippen LogP contribution is -2.60. The number of carbonyl (C=O) groups is 2. The molecular formula is C32H36O20. The number of carboxylic acids is 1. The molecule has 2 aliphatic rings. The first-order chi connectivity index (χ1) is 24.5. The number of carboxylic acid groups (broad SMARTS) is 1. The summed E-state index contributed by atoms with van der Waals surface area (Å²) in [5.74, 6) is -5.46. The number of hydrogen-bond donors (Lipinski definition) is 10. The van der Waals surface area contributed by atoms with Gasteiger partial charge in [-0.2, -0.15) is 0 Å². The minimum Gasteiger partial charge on any atom is -0.507 e. The van der Waals surface area contributed by atoms with Crippen LogP contribution < -0.4 is 19.6 Å². The lowest BCUT2D eigenvalue weighted by molar-refractivity contribution is -0.278. The molecule has 52 heavy (non-hydrogen) atoms. The molecule has 284 valence electrons. The van der Waals surface area contributed by atoms with Gasteiger partial charge in [0.05, 0.1) is 19.6 Å². The average molecular weight is 741 g/mol. The highest BCUT2D eigenvalue weighted by Crippen LogP contribution is 2.40. The Morgan fingerprint density at radius 1 is 0.846 bits per heavy atom. The maximum atomic E-state index is 14.0. The van der Waals surface area contributed by atoms with Gasteiger partial charge in [0.1, 0.15) is 71.8 Å². The van der Waals surface area contributed by atoms with Gasteiger partial charge < -0.3 is 83.9 Å². The molecule has 0 aliphatic carbocycles. The van der Waals surface area contributed by atoms with Gasteiger partial charge in [-0.15, -0.1) is 0 Å². The van der Waals surface area contributed by atoms with Gasteiger partial charge in [0.15, 0.2) is 23.4 Å². The summed E-state index contributed by atoms with van der Waals surface area (Å²) in [4.78, 5) is 36.9. The predicted octanol–water partition coefficient (Wildman–Crippen LogP) is -2.35. The number of aromatic hydroxyl groups is 2. The van der Waals surface area contributed by atoms with Crippen LogP contribution in [0.15, 0.2) is 39.5 Å². The van der Waals surface area contributed by atoms with Crippen molar-refractivity contribution in [2.75, 3.05) is 13.7 Å². The van der Waals surface area contributed by atoms with Crippen LogP contribution in [0.3, 0.4) is 0 Å². The van der Waals surface area contributed by atoms with Crippen molar-refractivity contribution in [1.82, 2.24) is 0 Å². The highest BCUT2D eigenvalue weighted by molar-refractivity contribution is 5.88. The quantitative estimate of drug-likeness (QED) is 0.0920. The number of esters is 1. The van der Waals surface area contributed by atoms with E-state index in [4.69, 9.17) is 37.9 Å². The third kappa shape index (κ3) is 7.70. The van der Waals surface area contributed by atoms with Crippen molar-refractivity contribution in [3.05, 3.63) is 40.6 Å². The van der Waals surface area contributed by atoms with Crippen molar-refractivity contribution in [3.8, 4) is 40.1 Å². The standard InChI is InChI=1S/C32H36O20/c1-10-21(37)24(40)26(42)31(48-10)49-12-6-14(34)20-17(7-12)50-28(11-3-4-13(33)16(5-11)46-2)29(23(20)39)52-32-27(43)25(41)22(38)18(51-32)9-47-19(36)8-15(35)30(44)45/h3-7,10,15,18,21-22,24-27,31-35,37-38,40-43H,8-9H2,1-2H3,(H,44,45)/t10-,15?,18+,21-,22+,24+,25-,26+,27+,31-,32-/m0/s1. The summed E-state index contributed by atoms with van der Waals surface area (Å²) in [6.45, 7) is 0.587. The van der Waals surface area contributed by atoms with Crippen LogP contribution in [-0.2, 0) is 23.8 Å². The number of ether oxygens (including phenoxy) is 6. The lowest BCUT2D eigenvalue weighted by atomic mass is 9.99. The fourth-order valence-corrected chi connectivity index (χ4v) is 5.43. The molecule has 0 spiro atoms. The van der Waals surface area contributed by atoms with Crippen molar-refractivity contribution in [2.45, 2.75) is 80.9 Å². The number of hydrogen-bond acceptors (Lipinski definition) is 19. The summed E-state index contributed by atoms with van der Waals surface area (Å²) < 4.78 is 38.3. The Bertz CT molecular complexity index is 1840. The number of aliphatic hydroxyl groups is 7. The van der Waals surface area contributed by atoms with E-state index in [1.54, 1.807) is 0 Å². The third-order valence-corrected chi connectivity index (χ3v) is 8.37. The van der Waals surface area contributed by atoms with E-state index in [0.29, 0.717) is 0 Å². The predicted molar refractivity (Wildman–Crippen MR) is 167 cm³/mol. The fourth-order valence-electron chi connectivity index (χ4n) is 5.43. The van der Waals surface area contributed by atoms with E-state index in [1.807, 2.05) is 0 Å². The molecule has 0 amide bonds. The molecular weight excluding hydrogens is 704 g/mol. The van der Waals surface area contributed by atoms with Gasteiger partial charge in [-0.3, -0.25) is 9.59 Å². The van der Waals surface area contributed by atoms with Gasteiger partial charge >= 0.3 is 11.9 Å². The molecule has 1 unspecified atom stereocenters. The number of phenols is 2. The molecule has 10 N–H and O–H groups in total. The van der Waals surface area contributed by atoms with E-state index in [1.165, 1.54) is 32.2 Å². The van der Waals surface area contributed by atoms with Crippen molar-refractivity contribution in [1.29, 1.82) is 0 Å². The van der Waals surface area contributed by atoms with E-state index in [0.717, 1.165) is 12.1 Å². The zero-order valence-electron chi connectivity index (χ0n) is 27.2. The SMILES string of the molecule is COc1cc(-c2oc3cc(O[C@@H]4O[C@@H](C)[C@H](O)[C@@H](O)[C@H]4O)cc(O)c3c(=O)c2O[C@@H]2O[C@H](COC(=O)CC(O)C(=O)O)[C@@H](O)[C@H](O)[C@H]2O)ccc1O. The van der Waals surface area contributed by atoms with Gasteiger partial charge in [-0.1, -0.05) is 0 Å². The Labute approximate surface area is 291 Å². The highest BCUT2D eigenvalue weighted by Gasteiger charge is 2.47. The molecule has 0 saturated carbocycles. The van der Waals surface area contributed by atoms with Crippen molar-refractivity contribution in [2.24, 2.45) is 0 Å². The fraction of sp³-hybridized carbons (Fsp3) is 0.469. The molecule has 2 aromatic carbocycles. The van der Waals surface area contributed by atoms with Crippen molar-refractivity contribution >= 4 is 22.9 Å². The molecule has 2 fully saturated rings. The van der Waals surface area contributed by atoms with Gasteiger partial charge in [-0.25, -0.2) is 4.79 Å². The molecule has 0 bridgehead atoms. The number of rotatable bonds is 11. The Morgan fingerprint density at radius 3 is 2.15 bits per heavy atom. The molecule has 3 aromatic rings. The Kier molecular flexibility index (Phi) is 11.4. The molecule has 20 heteroatoms. The van der Waals surface area contributed by atoms with Crippen LogP contribution in [0.5, 0.6) is 28.7 Å². The molecule has 2 aliphatic heterocycles. The van der Waals surface area contributed by atoms with E-state index in [2.05, 4.69) is 0 Å². The molecule has 3 heterocycles. The van der Waals surface area contributed by atoms with Gasteiger partial charge in [0.2, 0.25) is 23.8 Å². The summed E-state index contributed by atoms with van der Waals surface area (Å²) in [5.41, 5.74) is -1.42. The number of aliphatic hydroxyl groups excluding tert-OH is 7. The number of phenolic OH excluding ortho intramolecular Hbond substituents is 2. The van der Waals surface area contributed by atoms with Crippen LogP contribution in [0.1, 0.15) is 13.3 Å². The second-order valence-corrected chi connectivity index (χ2v) is 12.0. The zero-order valence-corrected chi connectivity index (χ0v) is 27.2. The number of carbonyl (C=O) groups excluding carboxylic acids is 1. The maximum Gasteiger partial charge on any atom is 0.333 e. The van der Waals surface area contributed by atoms with E-state index in [-0.39, 0.29) is 28.4 Å². The Morgan fingerprint density at radius 2 is 1.50 bits per heavy atom. The van der Waals surface area contributed by atoms with Crippen LogP contribution in [0.2, 0.25) is 0 Å². The molecule has 1 aromatic heterocycles. The summed E-state index contributed by atoms with van der Waals surface area (Å²) in [6.07, 6.45) is -20.0. The topological polar surface area (TPSA) is 322 Å². The number of fused-ring (bicyclic) bond motifs is 1. The van der Waals surface area contributed by atoms with Crippen molar-refractivity contribution in [3.63, 3.8) is 0 Å². The third-order valence-electron chi connectivity index (χ3n) is 8.37. The maximum absolute atomic E-state index is 14.0. The molecule has 20 nitrogen and oxygen atoms in total. The Hall–Kier alpha value is -4.77. The summed E-state index contributed by atoms with van der Waals surface area (Å²) in [7, 11) is 1.24. The van der Waals surface area contributed by atoms with E-state index >= 15 is 0 Å². The molecule has 5 rings (SSSR count). The number of benzene rings is 2. The molecule has 11 atom stereocenters. The first-order valence-electron chi connectivity index (χ1n) is 15.5. The van der Waals surface area contributed by atoms with Gasteiger partial charge in [-0.05, 0) is 25.1 Å². The van der Waals surface area contributed by atoms with Gasteiger partial charge in [0, 0.05) is 17.7 Å². The highest BCUT2D eigenvalue weighted by atomic mass is 16.7. The smallest absolute Gasteiger partial charge is 0.333 e. The van der Waals surface area contributed by atoms with E-state index in [9.17, 15) is 60.3 Å². The summed E-state index contributed by atoms with van der Waals surface area (Å²) >= 11 is 0. The zero-order chi connectivity index (χ0) is 38.2. The van der Waals surface area contributed by atoms with Crippen LogP contribution in [0.25, 0.3) is 22.3 Å². The summed E-state index contributed by atoms with van der Waals surface area (Å²) in [6, 6.07) is 5.76. The largest absolute Gasteiger partial charge is 0.507 e. The van der Waals surface area contributed by atoms with Crippen molar-refractivity contribution < 1.29 is 93.5 Å². The lowest BCUT2D eigenvalue weighted by Gasteiger charge is -2.39. The minimum absolute atomic E-state index is 0.0137. The molecule has 2 saturated heterocycles. The summed E-state index contributed by atoms with van der Waals surface area (Å²) in [5, 5.41) is 101. The number of aliphatic carboxylic acids is 1. The minimum atomic E-state index is -2.09. The first-order valence-corrected chi connectivity index (χ1v) is 15.5. The average Bonchev–Trinajstić information content (AvgIpc) is 3.10. The normalized spacial score (nSPS) is 29.6. The van der Waals surface area contributed by atoms with Crippen LogP contribution in [0.4, 0.5) is 0 Å². The van der Waals surface area contributed by atoms with Crippen LogP contribution >= 0.6 is 0 Å². The second-order valence-electron chi connectivity index (χ2n) is 12.0. The second kappa shape index (κ2) is 15.5. The molecule has 0 radical (unpaired) electrons. The van der Waals surface area contributed by atoms with Crippen LogP contribution in [0, 0.1) is 0 Å².